The zero-order chi connectivity index (χ0) is 19.6. The Kier molecular flexibility index (Phi) is 7.97. The van der Waals surface area contributed by atoms with Crippen LogP contribution >= 0.6 is 23.4 Å². The minimum absolute atomic E-state index is 0.0860. The number of para-hydroxylation sites is 1. The van der Waals surface area contributed by atoms with Crippen LogP contribution in [0.1, 0.15) is 0 Å². The molecule has 0 aliphatic heterocycles. The van der Waals surface area contributed by atoms with E-state index >= 15 is 0 Å². The van der Waals surface area contributed by atoms with E-state index in [1.165, 1.54) is 11.8 Å². The number of halogens is 1. The second kappa shape index (κ2) is 10.4. The molecule has 9 heteroatoms. The summed E-state index contributed by atoms with van der Waals surface area (Å²) in [6, 6.07) is 13.5. The topological polar surface area (TPSA) is 108 Å². The van der Waals surface area contributed by atoms with Gasteiger partial charge in [0, 0.05) is 9.92 Å². The largest absolute Gasteiger partial charge is 0.482 e. The van der Waals surface area contributed by atoms with E-state index in [1.807, 2.05) is 0 Å². The highest BCUT2D eigenvalue weighted by atomic mass is 35.5. The summed E-state index contributed by atoms with van der Waals surface area (Å²) in [5.74, 6) is -1.17. The van der Waals surface area contributed by atoms with Crippen molar-refractivity contribution >= 4 is 46.8 Å². The molecule has 0 aliphatic carbocycles. The Morgan fingerprint density at radius 2 is 1.85 bits per heavy atom. The highest BCUT2D eigenvalue weighted by Crippen LogP contribution is 2.26. The molecule has 0 fully saturated rings. The maximum absolute atomic E-state index is 12.0. The van der Waals surface area contributed by atoms with E-state index < -0.39 is 24.4 Å². The van der Waals surface area contributed by atoms with E-state index in [1.54, 1.807) is 48.5 Å². The van der Waals surface area contributed by atoms with Crippen molar-refractivity contribution in [1.29, 1.82) is 0 Å². The maximum Gasteiger partial charge on any atom is 0.344 e. The van der Waals surface area contributed by atoms with Gasteiger partial charge in [0.15, 0.2) is 13.2 Å². The van der Waals surface area contributed by atoms with Crippen molar-refractivity contribution in [3.8, 4) is 5.75 Å². The first-order valence-electron chi connectivity index (χ1n) is 7.78. The molecule has 2 aromatic rings. The van der Waals surface area contributed by atoms with Crippen LogP contribution < -0.4 is 15.8 Å². The van der Waals surface area contributed by atoms with Crippen molar-refractivity contribution in [3.05, 3.63) is 53.6 Å². The van der Waals surface area contributed by atoms with Gasteiger partial charge in [-0.15, -0.1) is 11.8 Å². The molecule has 0 atom stereocenters. The molecule has 2 rings (SSSR count). The maximum atomic E-state index is 12.0. The van der Waals surface area contributed by atoms with Crippen LogP contribution in [0.15, 0.2) is 53.4 Å². The van der Waals surface area contributed by atoms with Crippen molar-refractivity contribution in [2.45, 2.75) is 4.90 Å². The molecule has 3 N–H and O–H groups in total. The lowest BCUT2D eigenvalue weighted by Gasteiger charge is -2.11. The molecule has 0 bridgehead atoms. The first-order chi connectivity index (χ1) is 12.9. The molecular weight excluding hydrogens is 392 g/mol. The third-order valence-corrected chi connectivity index (χ3v) is 4.38. The number of hydrogen-bond acceptors (Lipinski definition) is 6. The summed E-state index contributed by atoms with van der Waals surface area (Å²) in [6.07, 6.45) is 0. The molecule has 0 spiro atoms. The van der Waals surface area contributed by atoms with Crippen LogP contribution in [0.3, 0.4) is 0 Å². The zero-order valence-electron chi connectivity index (χ0n) is 14.1. The number of thioether (sulfide) groups is 1. The van der Waals surface area contributed by atoms with Crippen LogP contribution in [0.5, 0.6) is 5.75 Å². The molecule has 0 heterocycles. The third kappa shape index (κ3) is 7.59. The fourth-order valence-corrected chi connectivity index (χ4v) is 2.85. The second-order valence-corrected chi connectivity index (χ2v) is 6.66. The summed E-state index contributed by atoms with van der Waals surface area (Å²) >= 11 is 7.02. The van der Waals surface area contributed by atoms with Crippen LogP contribution in [0.25, 0.3) is 0 Å². The summed E-state index contributed by atoms with van der Waals surface area (Å²) in [5, 5.41) is 3.10. The van der Waals surface area contributed by atoms with Crippen LogP contribution in [0, 0.1) is 0 Å². The average Bonchev–Trinajstić information content (AvgIpc) is 2.64. The summed E-state index contributed by atoms with van der Waals surface area (Å²) in [7, 11) is 0. The number of carbonyl (C=O) groups excluding carboxylic acids is 3. The van der Waals surface area contributed by atoms with Crippen molar-refractivity contribution in [2.24, 2.45) is 5.73 Å². The van der Waals surface area contributed by atoms with Gasteiger partial charge < -0.3 is 20.5 Å². The first-order valence-corrected chi connectivity index (χ1v) is 9.14. The number of carbonyl (C=O) groups is 3. The fourth-order valence-electron chi connectivity index (χ4n) is 1.92. The van der Waals surface area contributed by atoms with Gasteiger partial charge in [0.05, 0.1) is 11.4 Å². The molecule has 142 valence electrons. The summed E-state index contributed by atoms with van der Waals surface area (Å²) in [4.78, 5) is 35.2. The third-order valence-electron chi connectivity index (χ3n) is 3.05. The SMILES string of the molecule is NC(=O)CSc1ccccc1NC(=O)COC(=O)COc1cccc(Cl)c1. The predicted molar refractivity (Wildman–Crippen MR) is 103 cm³/mol. The van der Waals surface area contributed by atoms with Gasteiger partial charge in [-0.3, -0.25) is 9.59 Å². The summed E-state index contributed by atoms with van der Waals surface area (Å²) < 4.78 is 10.1. The van der Waals surface area contributed by atoms with Crippen molar-refractivity contribution in [2.75, 3.05) is 24.3 Å². The highest BCUT2D eigenvalue weighted by Gasteiger charge is 2.11. The Labute approximate surface area is 165 Å². The lowest BCUT2D eigenvalue weighted by molar-refractivity contribution is -0.149. The lowest BCUT2D eigenvalue weighted by Crippen LogP contribution is -2.24. The molecule has 0 saturated heterocycles. The molecule has 7 nitrogen and oxygen atoms in total. The van der Waals surface area contributed by atoms with Gasteiger partial charge in [0.2, 0.25) is 5.91 Å². The van der Waals surface area contributed by atoms with Crippen LogP contribution in [-0.4, -0.2) is 36.8 Å². The van der Waals surface area contributed by atoms with E-state index in [0.717, 1.165) is 0 Å². The molecular formula is C18H17ClN2O5S. The van der Waals surface area contributed by atoms with Gasteiger partial charge in [-0.25, -0.2) is 4.79 Å². The standard InChI is InChI=1S/C18H17ClN2O5S/c19-12-4-3-5-13(8-12)25-10-18(24)26-9-17(23)21-14-6-1-2-7-15(14)27-11-16(20)22/h1-8H,9-11H2,(H2,20,22)(H,21,23). The number of nitrogens with two attached hydrogens (primary N) is 1. The average molecular weight is 409 g/mol. The number of amides is 2. The van der Waals surface area contributed by atoms with Crippen molar-refractivity contribution in [1.82, 2.24) is 0 Å². The van der Waals surface area contributed by atoms with Gasteiger partial charge in [-0.2, -0.15) is 0 Å². The van der Waals surface area contributed by atoms with E-state index in [2.05, 4.69) is 5.32 Å². The number of benzene rings is 2. The summed E-state index contributed by atoms with van der Waals surface area (Å²) in [5.41, 5.74) is 5.63. The van der Waals surface area contributed by atoms with Gasteiger partial charge in [-0.05, 0) is 30.3 Å². The normalized spacial score (nSPS) is 10.1. The van der Waals surface area contributed by atoms with Crippen LogP contribution in [0.2, 0.25) is 5.02 Å². The second-order valence-electron chi connectivity index (χ2n) is 5.21. The molecule has 0 radical (unpaired) electrons. The van der Waals surface area contributed by atoms with E-state index in [-0.39, 0.29) is 12.4 Å². The smallest absolute Gasteiger partial charge is 0.344 e. The predicted octanol–water partition coefficient (Wildman–Crippen LogP) is 2.48. The molecule has 2 aromatic carbocycles. The van der Waals surface area contributed by atoms with Gasteiger partial charge in [0.1, 0.15) is 5.75 Å². The van der Waals surface area contributed by atoms with Crippen molar-refractivity contribution < 1.29 is 23.9 Å². The Morgan fingerprint density at radius 1 is 1.07 bits per heavy atom. The van der Waals surface area contributed by atoms with E-state index in [9.17, 15) is 14.4 Å². The minimum Gasteiger partial charge on any atom is -0.482 e. The number of anilines is 1. The van der Waals surface area contributed by atoms with Crippen LogP contribution in [-0.2, 0) is 19.1 Å². The van der Waals surface area contributed by atoms with Gasteiger partial charge in [-0.1, -0.05) is 29.8 Å². The molecule has 27 heavy (non-hydrogen) atoms. The molecule has 0 unspecified atom stereocenters. The molecule has 0 saturated carbocycles. The monoisotopic (exact) mass is 408 g/mol. The molecule has 0 aliphatic rings. The number of ether oxygens (including phenoxy) is 2. The Hall–Kier alpha value is -2.71. The number of nitrogens with one attached hydrogen (secondary N) is 1. The zero-order valence-corrected chi connectivity index (χ0v) is 15.7. The molecule has 0 aromatic heterocycles. The number of esters is 1. The Balaban J connectivity index is 1.79. The number of hydrogen-bond donors (Lipinski definition) is 2. The lowest BCUT2D eigenvalue weighted by atomic mass is 10.3. The first kappa shape index (κ1) is 20.6. The van der Waals surface area contributed by atoms with E-state index in [0.29, 0.717) is 21.4 Å². The Morgan fingerprint density at radius 3 is 2.59 bits per heavy atom. The molecule has 2 amide bonds. The van der Waals surface area contributed by atoms with Crippen LogP contribution in [0.4, 0.5) is 5.69 Å². The summed E-state index contributed by atoms with van der Waals surface area (Å²) in [6.45, 7) is -0.814. The number of rotatable bonds is 9. The fraction of sp³-hybridized carbons (Fsp3) is 0.167. The number of primary amides is 1. The quantitative estimate of drug-likeness (QED) is 0.487. The van der Waals surface area contributed by atoms with Crippen molar-refractivity contribution in [3.63, 3.8) is 0 Å². The van der Waals surface area contributed by atoms with E-state index in [4.69, 9.17) is 26.8 Å². The highest BCUT2D eigenvalue weighted by molar-refractivity contribution is 8.00. The van der Waals surface area contributed by atoms with Gasteiger partial charge in [0.25, 0.3) is 5.91 Å². The minimum atomic E-state index is -0.693. The van der Waals surface area contributed by atoms with Gasteiger partial charge >= 0.3 is 5.97 Å². The Bertz CT molecular complexity index is 831.